The lowest BCUT2D eigenvalue weighted by molar-refractivity contribution is -0.140. The van der Waals surface area contributed by atoms with Crippen LogP contribution in [-0.4, -0.2) is 29.0 Å². The van der Waals surface area contributed by atoms with Crippen molar-refractivity contribution in [2.45, 2.75) is 33.0 Å². The zero-order valence-corrected chi connectivity index (χ0v) is 17.4. The number of alkyl halides is 3. The van der Waals surface area contributed by atoms with Crippen LogP contribution in [0.1, 0.15) is 29.1 Å². The van der Waals surface area contributed by atoms with E-state index in [-0.39, 0.29) is 6.54 Å². The Balaban J connectivity index is 1.55. The molecule has 0 aliphatic carbocycles. The second-order valence-electron chi connectivity index (χ2n) is 6.48. The molecule has 6 nitrogen and oxygen atoms in total. The number of aromatic nitrogens is 2. The summed E-state index contributed by atoms with van der Waals surface area (Å²) in [7, 11) is 0. The van der Waals surface area contributed by atoms with Gasteiger partial charge in [-0.1, -0.05) is 29.8 Å². The number of rotatable bonds is 7. The summed E-state index contributed by atoms with van der Waals surface area (Å²) >= 11 is 0.997. The number of guanidine groups is 1. The number of halogens is 3. The highest BCUT2D eigenvalue weighted by Gasteiger charge is 2.33. The quantitative estimate of drug-likeness (QED) is 0.423. The van der Waals surface area contributed by atoms with Crippen molar-refractivity contribution < 1.29 is 17.6 Å². The van der Waals surface area contributed by atoms with E-state index >= 15 is 0 Å². The second-order valence-corrected chi connectivity index (χ2v) is 7.42. The second kappa shape index (κ2) is 9.75. The molecule has 10 heteroatoms. The van der Waals surface area contributed by atoms with Gasteiger partial charge in [-0.3, -0.25) is 0 Å². The Hall–Kier alpha value is -2.88. The molecule has 1 aromatic carbocycles. The van der Waals surface area contributed by atoms with Gasteiger partial charge in [-0.25, -0.2) is 15.0 Å². The third-order valence-electron chi connectivity index (χ3n) is 4.08. The Morgan fingerprint density at radius 3 is 2.63 bits per heavy atom. The molecule has 0 radical (unpaired) electrons. The van der Waals surface area contributed by atoms with E-state index in [1.54, 1.807) is 6.20 Å². The molecule has 0 saturated heterocycles. The molecule has 0 aliphatic rings. The number of aliphatic imine (C=N–C) groups is 1. The lowest BCUT2D eigenvalue weighted by Gasteiger charge is -2.10. The minimum Gasteiger partial charge on any atom is -0.439 e. The van der Waals surface area contributed by atoms with E-state index in [4.69, 9.17) is 4.42 Å². The van der Waals surface area contributed by atoms with Crippen LogP contribution in [-0.2, 0) is 19.1 Å². The lowest BCUT2D eigenvalue weighted by atomic mass is 10.1. The van der Waals surface area contributed by atoms with Gasteiger partial charge in [0.15, 0.2) is 17.4 Å². The molecule has 3 rings (SSSR count). The highest BCUT2D eigenvalue weighted by molar-refractivity contribution is 7.09. The molecule has 0 amide bonds. The third-order valence-corrected chi connectivity index (χ3v) is 4.99. The fourth-order valence-corrected chi connectivity index (χ4v) is 3.37. The number of hydrogen-bond donors (Lipinski definition) is 2. The van der Waals surface area contributed by atoms with Gasteiger partial charge in [0.25, 0.3) is 0 Å². The summed E-state index contributed by atoms with van der Waals surface area (Å²) in [5.41, 5.74) is 1.25. The maximum atomic E-state index is 12.6. The highest BCUT2D eigenvalue weighted by atomic mass is 32.1. The summed E-state index contributed by atoms with van der Waals surface area (Å²) in [6.07, 6.45) is -2.38. The average molecular weight is 437 g/mol. The number of thiazole rings is 1. The fourth-order valence-electron chi connectivity index (χ4n) is 2.57. The van der Waals surface area contributed by atoms with Gasteiger partial charge >= 0.3 is 6.18 Å². The topological polar surface area (TPSA) is 75.3 Å². The first-order valence-corrected chi connectivity index (χ1v) is 10.3. The van der Waals surface area contributed by atoms with Gasteiger partial charge in [-0.05, 0) is 13.8 Å². The van der Waals surface area contributed by atoms with E-state index in [1.165, 1.54) is 0 Å². The van der Waals surface area contributed by atoms with E-state index in [9.17, 15) is 13.2 Å². The third kappa shape index (κ3) is 6.06. The van der Waals surface area contributed by atoms with Crippen LogP contribution in [0.15, 0.2) is 45.3 Å². The standard InChI is InChI=1S/C20H22F3N5OS/c1-3-24-19(25-9-8-18-28-16(12-30-18)20(21,22)23)27-11-17-26-10-15(29-17)14-6-4-13(2)5-7-14/h4-7,10,12H,3,8-9,11H2,1-2H3,(H2,24,25,27). The zero-order valence-electron chi connectivity index (χ0n) is 16.6. The molecular formula is C20H22F3N5OS. The first-order valence-electron chi connectivity index (χ1n) is 9.40. The maximum absolute atomic E-state index is 12.6. The van der Waals surface area contributed by atoms with Crippen LogP contribution in [0.3, 0.4) is 0 Å². The number of aryl methyl sites for hydroxylation is 1. The number of hydrogen-bond acceptors (Lipinski definition) is 5. The number of nitrogens with one attached hydrogen (secondary N) is 2. The van der Waals surface area contributed by atoms with Crippen molar-refractivity contribution in [3.63, 3.8) is 0 Å². The van der Waals surface area contributed by atoms with E-state index in [1.807, 2.05) is 38.1 Å². The van der Waals surface area contributed by atoms with Crippen LogP contribution in [0, 0.1) is 6.92 Å². The number of benzene rings is 1. The predicted molar refractivity (Wildman–Crippen MR) is 110 cm³/mol. The van der Waals surface area contributed by atoms with Gasteiger partial charge in [0.2, 0.25) is 5.89 Å². The van der Waals surface area contributed by atoms with Gasteiger partial charge in [-0.2, -0.15) is 13.2 Å². The SMILES string of the molecule is CCNC(=NCc1ncc(-c2ccc(C)cc2)o1)NCCc1nc(C(F)(F)F)cs1. The van der Waals surface area contributed by atoms with Crippen molar-refractivity contribution in [2.24, 2.45) is 4.99 Å². The van der Waals surface area contributed by atoms with Crippen molar-refractivity contribution >= 4 is 17.3 Å². The first kappa shape index (κ1) is 21.8. The number of nitrogens with zero attached hydrogens (tertiary/aromatic N) is 3. The summed E-state index contributed by atoms with van der Waals surface area (Å²) in [4.78, 5) is 12.3. The Labute approximate surface area is 176 Å². The van der Waals surface area contributed by atoms with Crippen LogP contribution in [0.25, 0.3) is 11.3 Å². The van der Waals surface area contributed by atoms with Crippen molar-refractivity contribution in [3.05, 3.63) is 58.0 Å². The molecule has 30 heavy (non-hydrogen) atoms. The number of oxazole rings is 1. The minimum absolute atomic E-state index is 0.233. The van der Waals surface area contributed by atoms with Crippen molar-refractivity contribution in [2.75, 3.05) is 13.1 Å². The predicted octanol–water partition coefficient (Wildman–Crippen LogP) is 4.42. The molecular weight excluding hydrogens is 415 g/mol. The molecule has 0 fully saturated rings. The summed E-state index contributed by atoms with van der Waals surface area (Å²) in [5.74, 6) is 1.67. The Morgan fingerprint density at radius 2 is 1.97 bits per heavy atom. The highest BCUT2D eigenvalue weighted by Crippen LogP contribution is 2.30. The van der Waals surface area contributed by atoms with Crippen molar-refractivity contribution in [3.8, 4) is 11.3 Å². The maximum Gasteiger partial charge on any atom is 0.434 e. The van der Waals surface area contributed by atoms with Crippen molar-refractivity contribution in [1.29, 1.82) is 0 Å². The smallest absolute Gasteiger partial charge is 0.434 e. The van der Waals surface area contributed by atoms with Gasteiger partial charge in [0, 0.05) is 30.5 Å². The van der Waals surface area contributed by atoms with Crippen LogP contribution in [0.5, 0.6) is 0 Å². The Kier molecular flexibility index (Phi) is 7.09. The van der Waals surface area contributed by atoms with E-state index < -0.39 is 11.9 Å². The monoisotopic (exact) mass is 437 g/mol. The summed E-state index contributed by atoms with van der Waals surface area (Å²) in [5, 5.41) is 7.62. The first-order chi connectivity index (χ1) is 14.3. The summed E-state index contributed by atoms with van der Waals surface area (Å²) in [6, 6.07) is 7.95. The zero-order chi connectivity index (χ0) is 21.6. The van der Waals surface area contributed by atoms with Gasteiger partial charge in [0.05, 0.1) is 11.2 Å². The fraction of sp³-hybridized carbons (Fsp3) is 0.350. The summed E-state index contributed by atoms with van der Waals surface area (Å²) in [6.45, 7) is 5.21. The molecule has 2 N–H and O–H groups in total. The van der Waals surface area contributed by atoms with Crippen LogP contribution < -0.4 is 10.6 Å². The molecule has 0 spiro atoms. The van der Waals surface area contributed by atoms with Gasteiger partial charge in [0.1, 0.15) is 6.54 Å². The molecule has 2 heterocycles. The van der Waals surface area contributed by atoms with Crippen LogP contribution in [0.2, 0.25) is 0 Å². The molecule has 3 aromatic rings. The van der Waals surface area contributed by atoms with Crippen molar-refractivity contribution in [1.82, 2.24) is 20.6 Å². The summed E-state index contributed by atoms with van der Waals surface area (Å²) < 4.78 is 43.6. The Bertz CT molecular complexity index is 979. The van der Waals surface area contributed by atoms with Gasteiger partial charge in [-0.15, -0.1) is 11.3 Å². The molecule has 0 atom stereocenters. The van der Waals surface area contributed by atoms with Crippen LogP contribution in [0.4, 0.5) is 13.2 Å². The normalized spacial score (nSPS) is 12.2. The largest absolute Gasteiger partial charge is 0.439 e. The van der Waals surface area contributed by atoms with E-state index in [2.05, 4.69) is 25.6 Å². The Morgan fingerprint density at radius 1 is 1.20 bits per heavy atom. The molecule has 2 aromatic heterocycles. The molecule has 0 unspecified atom stereocenters. The van der Waals surface area contributed by atoms with Crippen LogP contribution >= 0.6 is 11.3 Å². The minimum atomic E-state index is -4.41. The van der Waals surface area contributed by atoms with Gasteiger partial charge < -0.3 is 15.1 Å². The average Bonchev–Trinajstić information content (AvgIpc) is 3.36. The lowest BCUT2D eigenvalue weighted by Crippen LogP contribution is -2.38. The van der Waals surface area contributed by atoms with E-state index in [0.717, 1.165) is 27.8 Å². The molecule has 0 saturated carbocycles. The molecule has 0 aliphatic heterocycles. The molecule has 160 valence electrons. The van der Waals surface area contributed by atoms with E-state index in [0.29, 0.717) is 42.1 Å². The molecule has 0 bridgehead atoms.